The summed E-state index contributed by atoms with van der Waals surface area (Å²) in [4.78, 5) is 4.76. The highest BCUT2D eigenvalue weighted by molar-refractivity contribution is 9.11. The van der Waals surface area contributed by atoms with Crippen LogP contribution in [0.4, 0.5) is 5.69 Å². The highest BCUT2D eigenvalue weighted by Crippen LogP contribution is 2.27. The molecule has 0 spiro atoms. The van der Waals surface area contributed by atoms with Gasteiger partial charge in [0.1, 0.15) is 18.5 Å². The molecule has 1 aliphatic rings. The summed E-state index contributed by atoms with van der Waals surface area (Å²) in [5.74, 6) is 0.845. The molecule has 3 nitrogen and oxygen atoms in total. The molecule has 0 fully saturated rings. The van der Waals surface area contributed by atoms with Crippen molar-refractivity contribution in [2.45, 2.75) is 6.04 Å². The van der Waals surface area contributed by atoms with Crippen LogP contribution in [0.3, 0.4) is 0 Å². The lowest BCUT2D eigenvalue weighted by Gasteiger charge is -2.22. The summed E-state index contributed by atoms with van der Waals surface area (Å²) in [5, 5.41) is 3.33. The van der Waals surface area contributed by atoms with Crippen molar-refractivity contribution in [1.29, 1.82) is 0 Å². The van der Waals surface area contributed by atoms with Gasteiger partial charge < -0.3 is 10.1 Å². The van der Waals surface area contributed by atoms with Crippen LogP contribution in [0.25, 0.3) is 0 Å². The molecule has 0 saturated carbocycles. The molecular weight excluding hydrogens is 396 g/mol. The van der Waals surface area contributed by atoms with Crippen molar-refractivity contribution in [1.82, 2.24) is 0 Å². The van der Waals surface area contributed by atoms with E-state index in [1.807, 2.05) is 36.4 Å². The molecule has 5 heteroatoms. The predicted octanol–water partition coefficient (Wildman–Crippen LogP) is 4.79. The lowest BCUT2D eigenvalue weighted by molar-refractivity contribution is 0.144. The minimum atomic E-state index is 0.0525. The number of benzene rings is 2. The Morgan fingerprint density at radius 3 is 2.67 bits per heavy atom. The van der Waals surface area contributed by atoms with Crippen LogP contribution in [0.15, 0.2) is 62.5 Å². The van der Waals surface area contributed by atoms with Crippen molar-refractivity contribution in [2.24, 2.45) is 4.99 Å². The minimum absolute atomic E-state index is 0.0525. The van der Waals surface area contributed by atoms with Gasteiger partial charge in [-0.05, 0) is 39.7 Å². The SMILES string of the molecule is Brc1ccc(NC2=N[C@@H](c3ccccc3)COC2)c(Br)c1. The first-order valence-corrected chi connectivity index (χ1v) is 8.22. The van der Waals surface area contributed by atoms with Crippen molar-refractivity contribution in [3.8, 4) is 0 Å². The van der Waals surface area contributed by atoms with E-state index in [9.17, 15) is 0 Å². The fraction of sp³-hybridized carbons (Fsp3) is 0.188. The van der Waals surface area contributed by atoms with Crippen LogP contribution in [0.5, 0.6) is 0 Å². The van der Waals surface area contributed by atoms with E-state index in [4.69, 9.17) is 9.73 Å². The Bertz CT molecular complexity index is 659. The van der Waals surface area contributed by atoms with E-state index in [-0.39, 0.29) is 6.04 Å². The quantitative estimate of drug-likeness (QED) is 0.773. The Labute approximate surface area is 140 Å². The molecule has 0 unspecified atom stereocenters. The lowest BCUT2D eigenvalue weighted by Crippen LogP contribution is -2.27. The Kier molecular flexibility index (Phi) is 4.73. The molecule has 1 N–H and O–H groups in total. The number of aliphatic imine (C=N–C) groups is 1. The average Bonchev–Trinajstić information content (AvgIpc) is 2.51. The summed E-state index contributed by atoms with van der Waals surface area (Å²) in [6, 6.07) is 16.3. The monoisotopic (exact) mass is 408 g/mol. The summed E-state index contributed by atoms with van der Waals surface area (Å²) >= 11 is 6.99. The molecule has 0 bridgehead atoms. The maximum atomic E-state index is 5.67. The van der Waals surface area contributed by atoms with Crippen LogP contribution in [0.2, 0.25) is 0 Å². The number of nitrogens with zero attached hydrogens (tertiary/aromatic N) is 1. The molecule has 1 atom stereocenters. The third-order valence-corrected chi connectivity index (χ3v) is 4.37. The van der Waals surface area contributed by atoms with E-state index in [0.717, 1.165) is 20.5 Å². The number of rotatable bonds is 2. The smallest absolute Gasteiger partial charge is 0.128 e. The van der Waals surface area contributed by atoms with Gasteiger partial charge >= 0.3 is 0 Å². The number of hydrogen-bond donors (Lipinski definition) is 1. The Morgan fingerprint density at radius 1 is 1.10 bits per heavy atom. The molecule has 0 amide bonds. The van der Waals surface area contributed by atoms with Gasteiger partial charge in [0.25, 0.3) is 0 Å². The van der Waals surface area contributed by atoms with Crippen molar-refractivity contribution in [3.05, 3.63) is 63.0 Å². The Morgan fingerprint density at radius 2 is 1.90 bits per heavy atom. The van der Waals surface area contributed by atoms with Crippen LogP contribution >= 0.6 is 31.9 Å². The molecule has 3 rings (SSSR count). The molecule has 1 heterocycles. The van der Waals surface area contributed by atoms with Gasteiger partial charge in [0.2, 0.25) is 0 Å². The number of hydrogen-bond acceptors (Lipinski definition) is 3. The van der Waals surface area contributed by atoms with Gasteiger partial charge in [-0.15, -0.1) is 0 Å². The van der Waals surface area contributed by atoms with E-state index >= 15 is 0 Å². The van der Waals surface area contributed by atoms with Crippen molar-refractivity contribution < 1.29 is 4.74 Å². The van der Waals surface area contributed by atoms with Crippen LogP contribution in [0.1, 0.15) is 11.6 Å². The fourth-order valence-electron chi connectivity index (χ4n) is 2.19. The zero-order valence-corrected chi connectivity index (χ0v) is 14.4. The normalized spacial score (nSPS) is 18.2. The average molecular weight is 410 g/mol. The number of nitrogens with one attached hydrogen (secondary N) is 1. The summed E-state index contributed by atoms with van der Waals surface area (Å²) in [6.07, 6.45) is 0. The van der Waals surface area contributed by atoms with Gasteiger partial charge in [-0.2, -0.15) is 0 Å². The predicted molar refractivity (Wildman–Crippen MR) is 92.9 cm³/mol. The van der Waals surface area contributed by atoms with Crippen LogP contribution in [-0.4, -0.2) is 19.0 Å². The molecular formula is C16H14Br2N2O. The maximum absolute atomic E-state index is 5.67. The molecule has 108 valence electrons. The minimum Gasteiger partial charge on any atom is -0.371 e. The summed E-state index contributed by atoms with van der Waals surface area (Å²) in [5.41, 5.74) is 2.15. The van der Waals surface area contributed by atoms with E-state index in [1.165, 1.54) is 5.56 Å². The van der Waals surface area contributed by atoms with E-state index in [2.05, 4.69) is 49.3 Å². The van der Waals surface area contributed by atoms with E-state index in [0.29, 0.717) is 13.2 Å². The molecule has 21 heavy (non-hydrogen) atoms. The molecule has 2 aromatic carbocycles. The molecule has 2 aromatic rings. The highest BCUT2D eigenvalue weighted by Gasteiger charge is 2.17. The Balaban J connectivity index is 1.80. The van der Waals surface area contributed by atoms with Gasteiger partial charge in [0, 0.05) is 8.95 Å². The molecule has 1 aliphatic heterocycles. The van der Waals surface area contributed by atoms with Crippen molar-refractivity contribution >= 4 is 43.4 Å². The van der Waals surface area contributed by atoms with Gasteiger partial charge in [-0.25, -0.2) is 0 Å². The second kappa shape index (κ2) is 6.73. The molecule has 0 radical (unpaired) electrons. The standard InChI is InChI=1S/C16H14Br2N2O/c17-12-6-7-14(13(18)8-12)19-16-10-21-9-15(20-16)11-4-2-1-3-5-11/h1-8,15H,9-10H2,(H,19,20)/t15-/m1/s1. The number of anilines is 1. The lowest BCUT2D eigenvalue weighted by atomic mass is 10.1. The molecule has 0 aliphatic carbocycles. The van der Waals surface area contributed by atoms with Gasteiger partial charge in [-0.3, -0.25) is 4.99 Å². The third kappa shape index (κ3) is 3.73. The van der Waals surface area contributed by atoms with E-state index in [1.54, 1.807) is 0 Å². The van der Waals surface area contributed by atoms with Crippen molar-refractivity contribution in [3.63, 3.8) is 0 Å². The van der Waals surface area contributed by atoms with E-state index < -0.39 is 0 Å². The van der Waals surface area contributed by atoms with Gasteiger partial charge in [0.15, 0.2) is 0 Å². The first kappa shape index (κ1) is 14.8. The Hall–Kier alpha value is -1.17. The van der Waals surface area contributed by atoms with Crippen molar-refractivity contribution in [2.75, 3.05) is 18.5 Å². The topological polar surface area (TPSA) is 33.6 Å². The third-order valence-electron chi connectivity index (χ3n) is 3.22. The van der Waals surface area contributed by atoms with Crippen LogP contribution < -0.4 is 5.32 Å². The maximum Gasteiger partial charge on any atom is 0.128 e. The zero-order valence-electron chi connectivity index (χ0n) is 11.2. The first-order valence-electron chi connectivity index (χ1n) is 6.64. The van der Waals surface area contributed by atoms with Gasteiger partial charge in [-0.1, -0.05) is 46.3 Å². The summed E-state index contributed by atoms with van der Waals surface area (Å²) in [6.45, 7) is 1.13. The molecule has 0 saturated heterocycles. The highest BCUT2D eigenvalue weighted by atomic mass is 79.9. The number of amidine groups is 1. The zero-order chi connectivity index (χ0) is 14.7. The number of halogens is 2. The first-order chi connectivity index (χ1) is 10.2. The van der Waals surface area contributed by atoms with Crippen LogP contribution in [-0.2, 0) is 4.74 Å². The van der Waals surface area contributed by atoms with Crippen LogP contribution in [0, 0.1) is 0 Å². The van der Waals surface area contributed by atoms with Gasteiger partial charge in [0.05, 0.1) is 12.3 Å². The summed E-state index contributed by atoms with van der Waals surface area (Å²) in [7, 11) is 0. The number of ether oxygens (including phenoxy) is 1. The summed E-state index contributed by atoms with van der Waals surface area (Å²) < 4.78 is 7.69. The fourth-order valence-corrected chi connectivity index (χ4v) is 3.34. The molecule has 0 aromatic heterocycles. The second-order valence-electron chi connectivity index (χ2n) is 4.77. The largest absolute Gasteiger partial charge is 0.371 e. The second-order valence-corrected chi connectivity index (χ2v) is 6.54.